The summed E-state index contributed by atoms with van der Waals surface area (Å²) >= 11 is 1.08. The summed E-state index contributed by atoms with van der Waals surface area (Å²) in [6, 6.07) is 11.5. The van der Waals surface area contributed by atoms with Gasteiger partial charge >= 0.3 is 5.97 Å². The number of nitrogens with one attached hydrogen (secondary N) is 1. The van der Waals surface area contributed by atoms with E-state index in [4.69, 9.17) is 10.9 Å². The van der Waals surface area contributed by atoms with Gasteiger partial charge in [-0.15, -0.1) is 10.2 Å². The minimum Gasteiger partial charge on any atom is -0.478 e. The topological polar surface area (TPSA) is 136 Å². The van der Waals surface area contributed by atoms with Crippen molar-refractivity contribution in [1.29, 1.82) is 0 Å². The lowest BCUT2D eigenvalue weighted by Gasteiger charge is -2.08. The first-order valence-electron chi connectivity index (χ1n) is 7.43. The zero-order valence-corrected chi connectivity index (χ0v) is 14.2. The highest BCUT2D eigenvalue weighted by Gasteiger charge is 2.16. The van der Waals surface area contributed by atoms with Gasteiger partial charge in [-0.05, 0) is 24.3 Å². The third-order valence-corrected chi connectivity index (χ3v) is 4.27. The number of benzene rings is 1. The number of amides is 1. The van der Waals surface area contributed by atoms with Crippen LogP contribution in [0.2, 0.25) is 0 Å². The fourth-order valence-electron chi connectivity index (χ4n) is 2.14. The summed E-state index contributed by atoms with van der Waals surface area (Å²) in [6.45, 7) is 0. The summed E-state index contributed by atoms with van der Waals surface area (Å²) in [4.78, 5) is 27.4. The summed E-state index contributed by atoms with van der Waals surface area (Å²) in [5, 5.41) is 20.0. The Morgan fingerprint density at radius 3 is 2.65 bits per heavy atom. The number of para-hydroxylation sites is 1. The Morgan fingerprint density at radius 2 is 1.92 bits per heavy atom. The number of nitrogens with two attached hydrogens (primary N) is 1. The van der Waals surface area contributed by atoms with Crippen LogP contribution in [-0.2, 0) is 4.79 Å². The van der Waals surface area contributed by atoms with Gasteiger partial charge in [-0.1, -0.05) is 30.0 Å². The fraction of sp³-hybridized carbons (Fsp3) is 0.0625. The molecule has 0 aliphatic rings. The average Bonchev–Trinajstić information content (AvgIpc) is 3.01. The normalized spacial score (nSPS) is 10.5. The maximum Gasteiger partial charge on any atom is 0.337 e. The Hall–Kier alpha value is -3.40. The van der Waals surface area contributed by atoms with Crippen LogP contribution < -0.4 is 11.2 Å². The molecule has 0 saturated carbocycles. The Balaban J connectivity index is 1.66. The number of carboxylic acids is 1. The van der Waals surface area contributed by atoms with Crippen molar-refractivity contribution >= 4 is 29.3 Å². The number of anilines is 1. The molecule has 132 valence electrons. The van der Waals surface area contributed by atoms with Gasteiger partial charge in [-0.2, -0.15) is 0 Å². The number of hydrogen-bond acceptors (Lipinski definition) is 7. The molecule has 0 bridgehead atoms. The third kappa shape index (κ3) is 3.81. The number of pyridine rings is 1. The van der Waals surface area contributed by atoms with E-state index in [0.29, 0.717) is 16.7 Å². The number of rotatable bonds is 6. The minimum atomic E-state index is -1.12. The molecule has 0 saturated heterocycles. The molecule has 0 fully saturated rings. The van der Waals surface area contributed by atoms with E-state index in [9.17, 15) is 9.59 Å². The Kier molecular flexibility index (Phi) is 5.13. The zero-order chi connectivity index (χ0) is 18.5. The number of carbonyl (C=O) groups is 2. The molecule has 0 aliphatic heterocycles. The number of carbonyl (C=O) groups excluding carboxylic acids is 1. The smallest absolute Gasteiger partial charge is 0.337 e. The van der Waals surface area contributed by atoms with E-state index in [1.165, 1.54) is 16.8 Å². The van der Waals surface area contributed by atoms with E-state index in [-0.39, 0.29) is 22.9 Å². The lowest BCUT2D eigenvalue weighted by atomic mass is 10.2. The van der Waals surface area contributed by atoms with Gasteiger partial charge in [0.1, 0.15) is 5.69 Å². The van der Waals surface area contributed by atoms with Gasteiger partial charge in [0.25, 0.3) is 0 Å². The first kappa shape index (κ1) is 17.4. The number of nitrogen functional groups attached to an aromatic ring is 1. The van der Waals surface area contributed by atoms with Crippen molar-refractivity contribution in [3.05, 3.63) is 54.2 Å². The lowest BCUT2D eigenvalue weighted by molar-refractivity contribution is -0.113. The summed E-state index contributed by atoms with van der Waals surface area (Å²) in [5.41, 5.74) is 0.813. The first-order chi connectivity index (χ1) is 12.6. The molecule has 0 spiro atoms. The SMILES string of the molecule is Nn1c(SCC(=O)Nc2ccccc2C(=O)O)nnc1-c1ccccn1. The van der Waals surface area contributed by atoms with E-state index in [0.717, 1.165) is 11.8 Å². The third-order valence-electron chi connectivity index (χ3n) is 3.32. The minimum absolute atomic E-state index is 0.00843. The van der Waals surface area contributed by atoms with E-state index >= 15 is 0 Å². The summed E-state index contributed by atoms with van der Waals surface area (Å²) in [6.07, 6.45) is 1.62. The van der Waals surface area contributed by atoms with Gasteiger partial charge in [0.15, 0.2) is 0 Å². The van der Waals surface area contributed by atoms with E-state index in [2.05, 4.69) is 20.5 Å². The molecule has 0 aliphatic carbocycles. The van der Waals surface area contributed by atoms with Gasteiger partial charge in [0, 0.05) is 6.20 Å². The molecule has 2 heterocycles. The van der Waals surface area contributed by atoms with Crippen molar-refractivity contribution in [2.24, 2.45) is 0 Å². The van der Waals surface area contributed by atoms with Crippen LogP contribution in [0.25, 0.3) is 11.5 Å². The van der Waals surface area contributed by atoms with Crippen molar-refractivity contribution in [1.82, 2.24) is 19.9 Å². The van der Waals surface area contributed by atoms with Crippen molar-refractivity contribution < 1.29 is 14.7 Å². The Bertz CT molecular complexity index is 944. The van der Waals surface area contributed by atoms with Gasteiger partial charge < -0.3 is 16.3 Å². The average molecular weight is 370 g/mol. The highest BCUT2D eigenvalue weighted by Crippen LogP contribution is 2.21. The fourth-order valence-corrected chi connectivity index (χ4v) is 2.80. The number of nitrogens with zero attached hydrogens (tertiary/aromatic N) is 4. The molecule has 0 atom stereocenters. The van der Waals surface area contributed by atoms with Crippen molar-refractivity contribution in [2.75, 3.05) is 16.9 Å². The van der Waals surface area contributed by atoms with Crippen LogP contribution in [-0.4, -0.2) is 42.6 Å². The first-order valence-corrected chi connectivity index (χ1v) is 8.41. The van der Waals surface area contributed by atoms with E-state index in [1.807, 2.05) is 0 Å². The van der Waals surface area contributed by atoms with Gasteiger partial charge in [-0.3, -0.25) is 9.78 Å². The number of hydrogen-bond donors (Lipinski definition) is 3. The molecule has 10 heteroatoms. The van der Waals surface area contributed by atoms with Gasteiger partial charge in [0.2, 0.25) is 16.9 Å². The monoisotopic (exact) mass is 370 g/mol. The summed E-state index contributed by atoms with van der Waals surface area (Å²) < 4.78 is 1.26. The van der Waals surface area contributed by atoms with Crippen LogP contribution in [0.4, 0.5) is 5.69 Å². The number of aromatic carboxylic acids is 1. The summed E-state index contributed by atoms with van der Waals surface area (Å²) in [5.74, 6) is 4.83. The molecule has 26 heavy (non-hydrogen) atoms. The van der Waals surface area contributed by atoms with Crippen molar-refractivity contribution in [3.8, 4) is 11.5 Å². The lowest BCUT2D eigenvalue weighted by Crippen LogP contribution is -2.18. The number of carboxylic acid groups (broad SMARTS) is 1. The second-order valence-electron chi connectivity index (χ2n) is 5.08. The van der Waals surface area contributed by atoms with Gasteiger partial charge in [-0.25, -0.2) is 9.47 Å². The molecule has 1 amide bonds. The standard InChI is InChI=1S/C16H14N6O3S/c17-22-14(12-7-3-4-8-18-12)20-21-16(22)26-9-13(23)19-11-6-2-1-5-10(11)15(24)25/h1-8H,9,17H2,(H,19,23)(H,24,25). The summed E-state index contributed by atoms with van der Waals surface area (Å²) in [7, 11) is 0. The maximum absolute atomic E-state index is 12.1. The Morgan fingerprint density at radius 1 is 1.15 bits per heavy atom. The van der Waals surface area contributed by atoms with E-state index < -0.39 is 5.97 Å². The molecule has 3 rings (SSSR count). The van der Waals surface area contributed by atoms with Crippen LogP contribution in [0.5, 0.6) is 0 Å². The molecule has 0 radical (unpaired) electrons. The van der Waals surface area contributed by atoms with Crippen LogP contribution in [0.1, 0.15) is 10.4 Å². The number of thioether (sulfide) groups is 1. The predicted octanol–water partition coefficient (Wildman–Crippen LogP) is 1.48. The maximum atomic E-state index is 12.1. The van der Waals surface area contributed by atoms with Crippen molar-refractivity contribution in [3.63, 3.8) is 0 Å². The molecule has 0 unspecified atom stereocenters. The van der Waals surface area contributed by atoms with E-state index in [1.54, 1.807) is 36.5 Å². The number of aromatic nitrogens is 4. The largest absolute Gasteiger partial charge is 0.478 e. The highest BCUT2D eigenvalue weighted by molar-refractivity contribution is 7.99. The predicted molar refractivity (Wildman–Crippen MR) is 96.2 cm³/mol. The molecule has 9 nitrogen and oxygen atoms in total. The molecular weight excluding hydrogens is 356 g/mol. The van der Waals surface area contributed by atoms with Crippen LogP contribution in [0.15, 0.2) is 53.8 Å². The van der Waals surface area contributed by atoms with Crippen molar-refractivity contribution in [2.45, 2.75) is 5.16 Å². The molecular formula is C16H14N6O3S. The van der Waals surface area contributed by atoms with Gasteiger partial charge in [0.05, 0.1) is 17.0 Å². The Labute approximate surface area is 152 Å². The van der Waals surface area contributed by atoms with Crippen LogP contribution >= 0.6 is 11.8 Å². The second-order valence-corrected chi connectivity index (χ2v) is 6.02. The van der Waals surface area contributed by atoms with Crippen LogP contribution in [0, 0.1) is 0 Å². The second kappa shape index (κ2) is 7.66. The molecule has 2 aromatic heterocycles. The van der Waals surface area contributed by atoms with Crippen LogP contribution in [0.3, 0.4) is 0 Å². The molecule has 1 aromatic carbocycles. The highest BCUT2D eigenvalue weighted by atomic mass is 32.2. The zero-order valence-electron chi connectivity index (χ0n) is 13.4. The molecule has 4 N–H and O–H groups in total. The quantitative estimate of drug-likeness (QED) is 0.438. The molecule has 3 aromatic rings.